The van der Waals surface area contributed by atoms with Crippen LogP contribution in [0.4, 0.5) is 0 Å². The third kappa shape index (κ3) is 5.75. The van der Waals surface area contributed by atoms with E-state index < -0.39 is 5.97 Å². The van der Waals surface area contributed by atoms with Gasteiger partial charge in [-0.3, -0.25) is 4.79 Å². The molecule has 0 aromatic heterocycles. The van der Waals surface area contributed by atoms with Crippen LogP contribution in [0.3, 0.4) is 0 Å². The summed E-state index contributed by atoms with van der Waals surface area (Å²) in [6.45, 7) is 1.48. The molecule has 1 amide bonds. The fourth-order valence-corrected chi connectivity index (χ4v) is 2.27. The SMILES string of the molecule is C[C@@H](NC(=O)COC(=O)COc1cccc(Br)c1)C1CC1. The fraction of sp³-hybridized carbons (Fsp3) is 0.467. The zero-order chi connectivity index (χ0) is 15.2. The molecule has 2 rings (SSSR count). The molecule has 0 spiro atoms. The number of rotatable bonds is 7. The predicted octanol–water partition coefficient (Wildman–Crippen LogP) is 2.29. The van der Waals surface area contributed by atoms with Crippen LogP contribution in [0.2, 0.25) is 0 Å². The van der Waals surface area contributed by atoms with Crippen molar-refractivity contribution in [2.75, 3.05) is 13.2 Å². The molecule has 0 bridgehead atoms. The van der Waals surface area contributed by atoms with E-state index in [-0.39, 0.29) is 25.2 Å². The van der Waals surface area contributed by atoms with Gasteiger partial charge in [0, 0.05) is 10.5 Å². The highest BCUT2D eigenvalue weighted by atomic mass is 79.9. The Labute approximate surface area is 132 Å². The van der Waals surface area contributed by atoms with E-state index in [0.29, 0.717) is 11.7 Å². The molecule has 0 heterocycles. The van der Waals surface area contributed by atoms with E-state index in [1.165, 1.54) is 0 Å². The lowest BCUT2D eigenvalue weighted by atomic mass is 10.2. The van der Waals surface area contributed by atoms with Gasteiger partial charge >= 0.3 is 5.97 Å². The van der Waals surface area contributed by atoms with E-state index in [1.54, 1.807) is 18.2 Å². The number of ether oxygens (including phenoxy) is 2. The van der Waals surface area contributed by atoms with Crippen molar-refractivity contribution in [3.05, 3.63) is 28.7 Å². The lowest BCUT2D eigenvalue weighted by molar-refractivity contribution is -0.150. The Hall–Kier alpha value is -1.56. The van der Waals surface area contributed by atoms with Crippen LogP contribution < -0.4 is 10.1 Å². The molecule has 0 aliphatic heterocycles. The zero-order valence-electron chi connectivity index (χ0n) is 11.8. The molecular weight excluding hydrogens is 338 g/mol. The summed E-state index contributed by atoms with van der Waals surface area (Å²) < 4.78 is 11.0. The maximum atomic E-state index is 11.6. The smallest absolute Gasteiger partial charge is 0.344 e. The standard InChI is InChI=1S/C15H18BrNO4/c1-10(11-5-6-11)17-14(18)8-21-15(19)9-20-13-4-2-3-12(16)7-13/h2-4,7,10-11H,5-6,8-9H2,1H3,(H,17,18)/t10-/m1/s1. The molecule has 21 heavy (non-hydrogen) atoms. The van der Waals surface area contributed by atoms with E-state index in [1.807, 2.05) is 13.0 Å². The minimum Gasteiger partial charge on any atom is -0.482 e. The first-order valence-corrected chi connectivity index (χ1v) is 7.67. The molecule has 1 atom stereocenters. The molecule has 1 aliphatic rings. The molecule has 0 radical (unpaired) electrons. The van der Waals surface area contributed by atoms with Crippen LogP contribution in [0.1, 0.15) is 19.8 Å². The average molecular weight is 356 g/mol. The van der Waals surface area contributed by atoms with E-state index >= 15 is 0 Å². The molecule has 0 saturated heterocycles. The summed E-state index contributed by atoms with van der Waals surface area (Å²) in [6.07, 6.45) is 2.31. The molecule has 1 saturated carbocycles. The zero-order valence-corrected chi connectivity index (χ0v) is 13.4. The fourth-order valence-electron chi connectivity index (χ4n) is 1.90. The molecule has 6 heteroatoms. The number of carbonyl (C=O) groups is 2. The monoisotopic (exact) mass is 355 g/mol. The Bertz CT molecular complexity index is 516. The second-order valence-electron chi connectivity index (χ2n) is 5.10. The summed E-state index contributed by atoms with van der Waals surface area (Å²) in [4.78, 5) is 23.1. The highest BCUT2D eigenvalue weighted by Gasteiger charge is 2.28. The van der Waals surface area contributed by atoms with Gasteiger partial charge in [0.25, 0.3) is 5.91 Å². The number of esters is 1. The first kappa shape index (κ1) is 15.8. The van der Waals surface area contributed by atoms with Crippen molar-refractivity contribution in [1.29, 1.82) is 0 Å². The second kappa shape index (κ2) is 7.45. The third-order valence-corrected chi connectivity index (χ3v) is 3.73. The van der Waals surface area contributed by atoms with Crippen LogP contribution in [0.5, 0.6) is 5.75 Å². The quantitative estimate of drug-likeness (QED) is 0.762. The minimum atomic E-state index is -0.566. The van der Waals surface area contributed by atoms with Crippen molar-refractivity contribution in [3.63, 3.8) is 0 Å². The Morgan fingerprint density at radius 2 is 2.14 bits per heavy atom. The van der Waals surface area contributed by atoms with Gasteiger partial charge in [0.1, 0.15) is 5.75 Å². The van der Waals surface area contributed by atoms with E-state index in [9.17, 15) is 9.59 Å². The largest absolute Gasteiger partial charge is 0.482 e. The number of halogens is 1. The van der Waals surface area contributed by atoms with Crippen molar-refractivity contribution in [2.24, 2.45) is 5.92 Å². The average Bonchev–Trinajstić information content (AvgIpc) is 3.27. The lowest BCUT2D eigenvalue weighted by Crippen LogP contribution is -2.37. The molecule has 5 nitrogen and oxygen atoms in total. The summed E-state index contributed by atoms with van der Waals surface area (Å²) in [5, 5.41) is 2.82. The van der Waals surface area contributed by atoms with Crippen molar-refractivity contribution < 1.29 is 19.1 Å². The van der Waals surface area contributed by atoms with Gasteiger partial charge in [0.15, 0.2) is 13.2 Å². The molecular formula is C15H18BrNO4. The van der Waals surface area contributed by atoms with Gasteiger partial charge in [-0.05, 0) is 43.9 Å². The van der Waals surface area contributed by atoms with Crippen LogP contribution in [-0.2, 0) is 14.3 Å². The molecule has 114 valence electrons. The van der Waals surface area contributed by atoms with Crippen molar-refractivity contribution in [3.8, 4) is 5.75 Å². The number of amides is 1. The minimum absolute atomic E-state index is 0.147. The first-order chi connectivity index (χ1) is 10.0. The summed E-state index contributed by atoms with van der Waals surface area (Å²) >= 11 is 3.31. The van der Waals surface area contributed by atoms with Crippen LogP contribution >= 0.6 is 15.9 Å². The Kier molecular flexibility index (Phi) is 5.61. The maximum absolute atomic E-state index is 11.6. The normalized spacial score (nSPS) is 15.1. The third-order valence-electron chi connectivity index (χ3n) is 3.23. The Morgan fingerprint density at radius 3 is 2.81 bits per heavy atom. The highest BCUT2D eigenvalue weighted by molar-refractivity contribution is 9.10. The summed E-state index contributed by atoms with van der Waals surface area (Å²) in [5.74, 6) is 0.298. The van der Waals surface area contributed by atoms with Crippen LogP contribution in [-0.4, -0.2) is 31.1 Å². The van der Waals surface area contributed by atoms with Gasteiger partial charge in [-0.1, -0.05) is 22.0 Å². The van der Waals surface area contributed by atoms with Crippen molar-refractivity contribution in [1.82, 2.24) is 5.32 Å². The van der Waals surface area contributed by atoms with E-state index in [2.05, 4.69) is 21.2 Å². The summed E-state index contributed by atoms with van der Waals surface area (Å²) in [5.41, 5.74) is 0. The van der Waals surface area contributed by atoms with Crippen LogP contribution in [0.25, 0.3) is 0 Å². The number of hydrogen-bond acceptors (Lipinski definition) is 4. The Morgan fingerprint density at radius 1 is 1.38 bits per heavy atom. The van der Waals surface area contributed by atoms with Crippen molar-refractivity contribution in [2.45, 2.75) is 25.8 Å². The first-order valence-electron chi connectivity index (χ1n) is 6.88. The van der Waals surface area contributed by atoms with Gasteiger partial charge in [-0.2, -0.15) is 0 Å². The van der Waals surface area contributed by atoms with Gasteiger partial charge < -0.3 is 14.8 Å². The predicted molar refractivity (Wildman–Crippen MR) is 80.9 cm³/mol. The molecule has 0 unspecified atom stereocenters. The van der Waals surface area contributed by atoms with Gasteiger partial charge in [-0.25, -0.2) is 4.79 Å². The molecule has 1 N–H and O–H groups in total. The van der Waals surface area contributed by atoms with Gasteiger partial charge in [-0.15, -0.1) is 0 Å². The van der Waals surface area contributed by atoms with Crippen LogP contribution in [0, 0.1) is 5.92 Å². The summed E-state index contributed by atoms with van der Waals surface area (Å²) in [7, 11) is 0. The van der Waals surface area contributed by atoms with Gasteiger partial charge in [0.2, 0.25) is 0 Å². The molecule has 1 fully saturated rings. The molecule has 1 aliphatic carbocycles. The van der Waals surface area contributed by atoms with E-state index in [4.69, 9.17) is 9.47 Å². The maximum Gasteiger partial charge on any atom is 0.344 e. The van der Waals surface area contributed by atoms with Gasteiger partial charge in [0.05, 0.1) is 0 Å². The molecule has 1 aromatic rings. The van der Waals surface area contributed by atoms with E-state index in [0.717, 1.165) is 17.3 Å². The van der Waals surface area contributed by atoms with Crippen LogP contribution in [0.15, 0.2) is 28.7 Å². The topological polar surface area (TPSA) is 64.6 Å². The number of benzene rings is 1. The lowest BCUT2D eigenvalue weighted by Gasteiger charge is -2.12. The van der Waals surface area contributed by atoms with Crippen molar-refractivity contribution >= 4 is 27.8 Å². The summed E-state index contributed by atoms with van der Waals surface area (Å²) in [6, 6.07) is 7.29. The number of nitrogens with one attached hydrogen (secondary N) is 1. The Balaban J connectivity index is 1.63. The number of hydrogen-bond donors (Lipinski definition) is 1. The highest BCUT2D eigenvalue weighted by Crippen LogP contribution is 2.32. The second-order valence-corrected chi connectivity index (χ2v) is 6.02. The number of carbonyl (C=O) groups excluding carboxylic acids is 2. The molecule has 1 aromatic carbocycles.